The minimum atomic E-state index is -0.337. The molecular formula is C12H12ClFINO2. The Kier molecular flexibility index (Phi) is 4.80. The Morgan fingerprint density at radius 1 is 1.61 bits per heavy atom. The zero-order valence-electron chi connectivity index (χ0n) is 9.54. The number of ether oxygens (including phenoxy) is 1. The topological polar surface area (TPSA) is 29.5 Å². The van der Waals surface area contributed by atoms with Crippen LogP contribution in [0.5, 0.6) is 0 Å². The number of benzene rings is 1. The van der Waals surface area contributed by atoms with Crippen molar-refractivity contribution >= 4 is 40.1 Å². The van der Waals surface area contributed by atoms with Crippen molar-refractivity contribution in [2.24, 2.45) is 0 Å². The van der Waals surface area contributed by atoms with Crippen LogP contribution in [0.1, 0.15) is 10.4 Å². The van der Waals surface area contributed by atoms with E-state index >= 15 is 0 Å². The molecule has 6 heteroatoms. The summed E-state index contributed by atoms with van der Waals surface area (Å²) in [6.07, 6.45) is -0.123. The van der Waals surface area contributed by atoms with Crippen molar-refractivity contribution in [3.05, 3.63) is 33.1 Å². The van der Waals surface area contributed by atoms with Crippen LogP contribution < -0.4 is 0 Å². The lowest BCUT2D eigenvalue weighted by Crippen LogP contribution is -2.46. The molecule has 1 unspecified atom stereocenters. The second-order valence-electron chi connectivity index (χ2n) is 4.02. The van der Waals surface area contributed by atoms with E-state index in [9.17, 15) is 9.18 Å². The number of morpholine rings is 1. The quantitative estimate of drug-likeness (QED) is 0.580. The van der Waals surface area contributed by atoms with Gasteiger partial charge < -0.3 is 9.64 Å². The SMILES string of the molecule is O=C(c1ccc(F)cc1I)N1CCOC(CCl)C1. The van der Waals surface area contributed by atoms with Crippen LogP contribution in [-0.4, -0.2) is 42.5 Å². The van der Waals surface area contributed by atoms with E-state index in [0.29, 0.717) is 34.7 Å². The predicted molar refractivity (Wildman–Crippen MR) is 75.5 cm³/mol. The molecule has 1 atom stereocenters. The van der Waals surface area contributed by atoms with Crippen LogP contribution in [0.2, 0.25) is 0 Å². The van der Waals surface area contributed by atoms with Gasteiger partial charge in [-0.1, -0.05) is 0 Å². The molecule has 1 saturated heterocycles. The van der Waals surface area contributed by atoms with Crippen molar-refractivity contribution < 1.29 is 13.9 Å². The van der Waals surface area contributed by atoms with Gasteiger partial charge in [0.15, 0.2) is 0 Å². The Bertz CT molecular complexity index is 458. The second-order valence-corrected chi connectivity index (χ2v) is 5.49. The third-order valence-corrected chi connectivity index (χ3v) is 4.00. The maximum atomic E-state index is 13.0. The lowest BCUT2D eigenvalue weighted by Gasteiger charge is -2.32. The number of rotatable bonds is 2. The molecule has 1 amide bonds. The second kappa shape index (κ2) is 6.16. The van der Waals surface area contributed by atoms with Crippen molar-refractivity contribution in [2.45, 2.75) is 6.10 Å². The molecule has 0 aliphatic carbocycles. The lowest BCUT2D eigenvalue weighted by molar-refractivity contribution is -0.0108. The molecule has 0 N–H and O–H groups in total. The molecule has 0 saturated carbocycles. The molecule has 0 aromatic heterocycles. The molecule has 98 valence electrons. The van der Waals surface area contributed by atoms with Crippen molar-refractivity contribution in [1.82, 2.24) is 4.90 Å². The zero-order chi connectivity index (χ0) is 13.1. The van der Waals surface area contributed by atoms with Gasteiger partial charge in [-0.15, -0.1) is 11.6 Å². The molecular weight excluding hydrogens is 371 g/mol. The van der Waals surface area contributed by atoms with E-state index in [2.05, 4.69) is 0 Å². The molecule has 1 heterocycles. The molecule has 18 heavy (non-hydrogen) atoms. The Labute approximate surface area is 123 Å². The van der Waals surface area contributed by atoms with Gasteiger partial charge >= 0.3 is 0 Å². The summed E-state index contributed by atoms with van der Waals surface area (Å²) in [5.74, 6) is -0.0704. The Morgan fingerprint density at radius 2 is 2.39 bits per heavy atom. The fourth-order valence-electron chi connectivity index (χ4n) is 1.83. The van der Waals surface area contributed by atoms with Gasteiger partial charge in [0.1, 0.15) is 5.82 Å². The molecule has 1 aromatic rings. The molecule has 0 bridgehead atoms. The highest BCUT2D eigenvalue weighted by Crippen LogP contribution is 2.18. The fourth-order valence-corrected chi connectivity index (χ4v) is 2.73. The molecule has 0 spiro atoms. The van der Waals surface area contributed by atoms with Crippen LogP contribution in [0.25, 0.3) is 0 Å². The van der Waals surface area contributed by atoms with Crippen molar-refractivity contribution in [3.63, 3.8) is 0 Å². The normalized spacial score (nSPS) is 19.9. The van der Waals surface area contributed by atoms with E-state index < -0.39 is 0 Å². The standard InChI is InChI=1S/C12H12ClFINO2/c13-6-9-7-16(3-4-18-9)12(17)10-2-1-8(14)5-11(10)15/h1-2,5,9H,3-4,6-7H2. The monoisotopic (exact) mass is 383 g/mol. The van der Waals surface area contributed by atoms with E-state index in [1.165, 1.54) is 18.2 Å². The summed E-state index contributed by atoms with van der Waals surface area (Å²) in [6, 6.07) is 4.17. The van der Waals surface area contributed by atoms with Crippen LogP contribution in [0.15, 0.2) is 18.2 Å². The van der Waals surface area contributed by atoms with E-state index in [-0.39, 0.29) is 17.8 Å². The predicted octanol–water partition coefficient (Wildman–Crippen LogP) is 2.51. The number of carbonyl (C=O) groups excluding carboxylic acids is 1. The van der Waals surface area contributed by atoms with Crippen molar-refractivity contribution in [1.29, 1.82) is 0 Å². The molecule has 3 nitrogen and oxygen atoms in total. The van der Waals surface area contributed by atoms with Crippen LogP contribution in [0.3, 0.4) is 0 Å². The average molecular weight is 384 g/mol. The first-order valence-electron chi connectivity index (χ1n) is 5.53. The maximum Gasteiger partial charge on any atom is 0.255 e. The van der Waals surface area contributed by atoms with Gasteiger partial charge in [-0.05, 0) is 40.8 Å². The third kappa shape index (κ3) is 3.13. The summed E-state index contributed by atoms with van der Waals surface area (Å²) in [4.78, 5) is 14.0. The number of carbonyl (C=O) groups is 1. The number of halogens is 3. The van der Waals surface area contributed by atoms with Gasteiger partial charge in [0.05, 0.1) is 24.2 Å². The Morgan fingerprint density at radius 3 is 3.06 bits per heavy atom. The first-order chi connectivity index (χ1) is 8.61. The number of hydrogen-bond donors (Lipinski definition) is 0. The molecule has 0 radical (unpaired) electrons. The first-order valence-corrected chi connectivity index (χ1v) is 7.15. The Hall–Kier alpha value is -0.400. The summed E-state index contributed by atoms with van der Waals surface area (Å²) >= 11 is 7.70. The molecule has 1 fully saturated rings. The Balaban J connectivity index is 2.15. The highest BCUT2D eigenvalue weighted by atomic mass is 127. The van der Waals surface area contributed by atoms with Gasteiger partial charge in [0, 0.05) is 16.7 Å². The largest absolute Gasteiger partial charge is 0.373 e. The average Bonchev–Trinajstić information content (AvgIpc) is 2.38. The third-order valence-electron chi connectivity index (χ3n) is 2.76. The summed E-state index contributed by atoms with van der Waals surface area (Å²) in [5, 5.41) is 0. The number of alkyl halides is 1. The van der Waals surface area contributed by atoms with E-state index in [1.54, 1.807) is 4.90 Å². The minimum absolute atomic E-state index is 0.0992. The zero-order valence-corrected chi connectivity index (χ0v) is 12.4. The molecule has 1 aliphatic heterocycles. The van der Waals surface area contributed by atoms with Gasteiger partial charge in [-0.2, -0.15) is 0 Å². The van der Waals surface area contributed by atoms with Gasteiger partial charge in [0.2, 0.25) is 0 Å². The van der Waals surface area contributed by atoms with Gasteiger partial charge in [-0.25, -0.2) is 4.39 Å². The van der Waals surface area contributed by atoms with Crippen molar-refractivity contribution in [3.8, 4) is 0 Å². The van der Waals surface area contributed by atoms with Crippen LogP contribution in [-0.2, 0) is 4.74 Å². The number of amides is 1. The highest BCUT2D eigenvalue weighted by molar-refractivity contribution is 14.1. The van der Waals surface area contributed by atoms with Gasteiger partial charge in [-0.3, -0.25) is 4.79 Å². The number of nitrogens with zero attached hydrogens (tertiary/aromatic N) is 1. The smallest absolute Gasteiger partial charge is 0.255 e. The van der Waals surface area contributed by atoms with Gasteiger partial charge in [0.25, 0.3) is 5.91 Å². The van der Waals surface area contributed by atoms with E-state index in [4.69, 9.17) is 16.3 Å². The molecule has 1 aromatic carbocycles. The fraction of sp³-hybridized carbons (Fsp3) is 0.417. The van der Waals surface area contributed by atoms with Crippen LogP contribution >= 0.6 is 34.2 Å². The summed E-state index contributed by atoms with van der Waals surface area (Å²) in [7, 11) is 0. The first kappa shape index (κ1) is 14.0. The minimum Gasteiger partial charge on any atom is -0.373 e. The lowest BCUT2D eigenvalue weighted by atomic mass is 10.1. The summed E-state index contributed by atoms with van der Waals surface area (Å²) in [5.41, 5.74) is 0.521. The maximum absolute atomic E-state index is 13.0. The van der Waals surface area contributed by atoms with Crippen LogP contribution in [0, 0.1) is 9.39 Å². The van der Waals surface area contributed by atoms with E-state index in [0.717, 1.165) is 0 Å². The highest BCUT2D eigenvalue weighted by Gasteiger charge is 2.25. The number of hydrogen-bond acceptors (Lipinski definition) is 2. The van der Waals surface area contributed by atoms with Crippen molar-refractivity contribution in [2.75, 3.05) is 25.6 Å². The summed E-state index contributed by atoms with van der Waals surface area (Å²) < 4.78 is 19.0. The molecule has 1 aliphatic rings. The van der Waals surface area contributed by atoms with E-state index in [1.807, 2.05) is 22.6 Å². The molecule has 2 rings (SSSR count). The summed E-state index contributed by atoms with van der Waals surface area (Å²) in [6.45, 7) is 1.51. The van der Waals surface area contributed by atoms with Crippen LogP contribution in [0.4, 0.5) is 4.39 Å².